The quantitative estimate of drug-likeness (QED) is 0.236. The maximum absolute atomic E-state index is 11.8. The van der Waals surface area contributed by atoms with E-state index in [0.717, 1.165) is 31.0 Å². The summed E-state index contributed by atoms with van der Waals surface area (Å²) in [5.74, 6) is -0.307. The standard InChI is InChI=1S/C18H33BrO4/c1-4-10-16(15(2)3)23-18(21)12-11-17(20)22-14-9-7-5-6-8-13-19/h15-16H,4-14H2,1-3H3. The average Bonchev–Trinajstić information content (AvgIpc) is 2.51. The monoisotopic (exact) mass is 392 g/mol. The smallest absolute Gasteiger partial charge is 0.306 e. The Bertz CT molecular complexity index is 318. The molecule has 0 saturated heterocycles. The lowest BCUT2D eigenvalue weighted by Crippen LogP contribution is -2.24. The first-order chi connectivity index (χ1) is 11.0. The third kappa shape index (κ3) is 13.5. The Kier molecular flexibility index (Phi) is 14.6. The van der Waals surface area contributed by atoms with Crippen LogP contribution in [0.15, 0.2) is 0 Å². The van der Waals surface area contributed by atoms with E-state index in [4.69, 9.17) is 9.47 Å². The predicted molar refractivity (Wildman–Crippen MR) is 96.7 cm³/mol. The molecule has 0 bridgehead atoms. The molecule has 0 aromatic carbocycles. The molecule has 0 N–H and O–H groups in total. The first kappa shape index (κ1) is 22.4. The van der Waals surface area contributed by atoms with Crippen molar-refractivity contribution in [2.45, 2.75) is 84.7 Å². The summed E-state index contributed by atoms with van der Waals surface area (Å²) in [6.45, 7) is 6.60. The van der Waals surface area contributed by atoms with E-state index in [9.17, 15) is 9.59 Å². The van der Waals surface area contributed by atoms with Crippen LogP contribution in [0.2, 0.25) is 0 Å². The van der Waals surface area contributed by atoms with Crippen LogP contribution in [0.4, 0.5) is 0 Å². The number of halogens is 1. The van der Waals surface area contributed by atoms with E-state index in [0.29, 0.717) is 12.5 Å². The van der Waals surface area contributed by atoms with Gasteiger partial charge in [0.25, 0.3) is 0 Å². The number of unbranched alkanes of at least 4 members (excludes halogenated alkanes) is 4. The lowest BCUT2D eigenvalue weighted by Gasteiger charge is -2.20. The van der Waals surface area contributed by atoms with Crippen LogP contribution in [0.3, 0.4) is 0 Å². The molecule has 1 unspecified atom stereocenters. The van der Waals surface area contributed by atoms with Crippen molar-refractivity contribution in [3.63, 3.8) is 0 Å². The highest BCUT2D eigenvalue weighted by Gasteiger charge is 2.18. The molecule has 0 saturated carbocycles. The molecule has 136 valence electrons. The molecule has 1 atom stereocenters. The third-order valence-electron chi connectivity index (χ3n) is 3.67. The minimum Gasteiger partial charge on any atom is -0.466 e. The van der Waals surface area contributed by atoms with Gasteiger partial charge in [-0.1, -0.05) is 62.4 Å². The highest BCUT2D eigenvalue weighted by molar-refractivity contribution is 9.09. The fourth-order valence-electron chi connectivity index (χ4n) is 2.23. The van der Waals surface area contributed by atoms with E-state index < -0.39 is 0 Å². The molecular formula is C18H33BrO4. The van der Waals surface area contributed by atoms with Gasteiger partial charge in [0.05, 0.1) is 19.4 Å². The maximum atomic E-state index is 11.8. The largest absolute Gasteiger partial charge is 0.466 e. The van der Waals surface area contributed by atoms with Gasteiger partial charge in [-0.2, -0.15) is 0 Å². The zero-order valence-corrected chi connectivity index (χ0v) is 16.5. The van der Waals surface area contributed by atoms with Crippen molar-refractivity contribution in [1.82, 2.24) is 0 Å². The molecule has 0 rings (SSSR count). The van der Waals surface area contributed by atoms with Gasteiger partial charge in [-0.15, -0.1) is 0 Å². The summed E-state index contributed by atoms with van der Waals surface area (Å²) in [5.41, 5.74) is 0. The average molecular weight is 393 g/mol. The van der Waals surface area contributed by atoms with Gasteiger partial charge in [0, 0.05) is 5.33 Å². The number of rotatable bonds is 14. The van der Waals surface area contributed by atoms with Crippen molar-refractivity contribution in [2.75, 3.05) is 11.9 Å². The number of esters is 2. The van der Waals surface area contributed by atoms with Crippen LogP contribution >= 0.6 is 15.9 Å². The Labute approximate surface area is 149 Å². The minimum atomic E-state index is -0.306. The van der Waals surface area contributed by atoms with Crippen LogP contribution in [0.5, 0.6) is 0 Å². The van der Waals surface area contributed by atoms with E-state index in [1.54, 1.807) is 0 Å². The van der Waals surface area contributed by atoms with Crippen molar-refractivity contribution < 1.29 is 19.1 Å². The van der Waals surface area contributed by atoms with Gasteiger partial charge in [-0.3, -0.25) is 9.59 Å². The molecule has 0 aliphatic carbocycles. The van der Waals surface area contributed by atoms with E-state index in [1.807, 2.05) is 13.8 Å². The molecule has 0 aromatic rings. The summed E-state index contributed by atoms with van der Waals surface area (Å²) >= 11 is 3.40. The van der Waals surface area contributed by atoms with Crippen molar-refractivity contribution in [2.24, 2.45) is 5.92 Å². The molecule has 0 aliphatic heterocycles. The zero-order chi connectivity index (χ0) is 17.5. The molecule has 0 fully saturated rings. The van der Waals surface area contributed by atoms with Crippen LogP contribution in [-0.4, -0.2) is 30.0 Å². The first-order valence-corrected chi connectivity index (χ1v) is 10.0. The van der Waals surface area contributed by atoms with E-state index in [1.165, 1.54) is 19.3 Å². The fourth-order valence-corrected chi connectivity index (χ4v) is 2.63. The predicted octanol–water partition coefficient (Wildman–Crippen LogP) is 5.02. The molecule has 0 spiro atoms. The molecular weight excluding hydrogens is 360 g/mol. The minimum absolute atomic E-state index is 0.0527. The Morgan fingerprint density at radius 2 is 1.57 bits per heavy atom. The van der Waals surface area contributed by atoms with Gasteiger partial charge in [-0.05, 0) is 25.2 Å². The van der Waals surface area contributed by atoms with Gasteiger partial charge in [0.15, 0.2) is 0 Å². The van der Waals surface area contributed by atoms with Crippen LogP contribution in [0, 0.1) is 5.92 Å². The number of hydrogen-bond donors (Lipinski definition) is 0. The maximum Gasteiger partial charge on any atom is 0.306 e. The van der Waals surface area contributed by atoms with Gasteiger partial charge >= 0.3 is 11.9 Å². The third-order valence-corrected chi connectivity index (χ3v) is 4.23. The van der Waals surface area contributed by atoms with E-state index in [-0.39, 0.29) is 30.9 Å². The van der Waals surface area contributed by atoms with Crippen molar-refractivity contribution in [3.05, 3.63) is 0 Å². The molecule has 0 amide bonds. The van der Waals surface area contributed by atoms with E-state index in [2.05, 4.69) is 22.9 Å². The van der Waals surface area contributed by atoms with Crippen LogP contribution in [0.25, 0.3) is 0 Å². The Morgan fingerprint density at radius 3 is 2.17 bits per heavy atom. The van der Waals surface area contributed by atoms with Crippen LogP contribution in [0.1, 0.15) is 78.6 Å². The number of ether oxygens (including phenoxy) is 2. The second-order valence-corrected chi connectivity index (χ2v) is 7.03. The summed E-state index contributed by atoms with van der Waals surface area (Å²) in [6.07, 6.45) is 7.55. The Balaban J connectivity index is 3.69. The normalized spacial score (nSPS) is 12.2. The molecule has 0 heterocycles. The summed E-state index contributed by atoms with van der Waals surface area (Å²) in [7, 11) is 0. The SMILES string of the molecule is CCCC(OC(=O)CCC(=O)OCCCCCCCBr)C(C)C. The summed E-state index contributed by atoms with van der Waals surface area (Å²) in [5, 5.41) is 1.05. The summed E-state index contributed by atoms with van der Waals surface area (Å²) in [4.78, 5) is 23.4. The Hall–Kier alpha value is -0.580. The number of carbonyl (C=O) groups excluding carboxylic acids is 2. The van der Waals surface area contributed by atoms with E-state index >= 15 is 0 Å². The summed E-state index contributed by atoms with van der Waals surface area (Å²) < 4.78 is 10.6. The second-order valence-electron chi connectivity index (χ2n) is 6.24. The van der Waals surface area contributed by atoms with Gasteiger partial charge in [0.2, 0.25) is 0 Å². The molecule has 0 aromatic heterocycles. The van der Waals surface area contributed by atoms with Gasteiger partial charge in [-0.25, -0.2) is 0 Å². The van der Waals surface area contributed by atoms with Gasteiger partial charge in [0.1, 0.15) is 6.10 Å². The lowest BCUT2D eigenvalue weighted by atomic mass is 10.0. The first-order valence-electron chi connectivity index (χ1n) is 8.92. The van der Waals surface area contributed by atoms with Crippen LogP contribution < -0.4 is 0 Å². The second kappa shape index (κ2) is 15.0. The highest BCUT2D eigenvalue weighted by Crippen LogP contribution is 2.14. The highest BCUT2D eigenvalue weighted by atomic mass is 79.9. The molecule has 5 heteroatoms. The molecule has 4 nitrogen and oxygen atoms in total. The fraction of sp³-hybridized carbons (Fsp3) is 0.889. The number of carbonyl (C=O) groups is 2. The molecule has 23 heavy (non-hydrogen) atoms. The Morgan fingerprint density at radius 1 is 0.957 bits per heavy atom. The van der Waals surface area contributed by atoms with Crippen LogP contribution in [-0.2, 0) is 19.1 Å². The lowest BCUT2D eigenvalue weighted by molar-refractivity contribution is -0.155. The topological polar surface area (TPSA) is 52.6 Å². The zero-order valence-electron chi connectivity index (χ0n) is 14.9. The number of alkyl halides is 1. The van der Waals surface area contributed by atoms with Crippen molar-refractivity contribution in [3.8, 4) is 0 Å². The summed E-state index contributed by atoms with van der Waals surface area (Å²) in [6, 6.07) is 0. The molecule has 0 radical (unpaired) electrons. The number of hydrogen-bond acceptors (Lipinski definition) is 4. The van der Waals surface area contributed by atoms with Gasteiger partial charge < -0.3 is 9.47 Å². The van der Waals surface area contributed by atoms with Crippen molar-refractivity contribution in [1.29, 1.82) is 0 Å². The van der Waals surface area contributed by atoms with Crippen molar-refractivity contribution >= 4 is 27.9 Å². The molecule has 0 aliphatic rings.